The van der Waals surface area contributed by atoms with Gasteiger partial charge in [-0.3, -0.25) is 0 Å². The summed E-state index contributed by atoms with van der Waals surface area (Å²) in [5.74, 6) is 1.01. The van der Waals surface area contributed by atoms with Crippen molar-refractivity contribution in [2.24, 2.45) is 0 Å². The molecule has 0 aromatic carbocycles. The zero-order valence-corrected chi connectivity index (χ0v) is 20.6. The summed E-state index contributed by atoms with van der Waals surface area (Å²) in [6.07, 6.45) is 2.30. The Balaban J connectivity index is 1.71. The molecule has 0 bridgehead atoms. The molecular weight excluding hydrogens is 486 g/mol. The Labute approximate surface area is 198 Å². The molecule has 4 aromatic heterocycles. The molecule has 0 aliphatic carbocycles. The summed E-state index contributed by atoms with van der Waals surface area (Å²) in [7, 11) is -3.81. The monoisotopic (exact) mass is 509 g/mol. The van der Waals surface area contributed by atoms with Crippen LogP contribution < -0.4 is 10.6 Å². The van der Waals surface area contributed by atoms with Gasteiger partial charge >= 0.3 is 0 Å². The van der Waals surface area contributed by atoms with Gasteiger partial charge in [-0.2, -0.15) is 13.1 Å². The first-order chi connectivity index (χ1) is 15.9. The van der Waals surface area contributed by atoms with Crippen molar-refractivity contribution in [2.45, 2.75) is 37.4 Å². The van der Waals surface area contributed by atoms with E-state index in [0.29, 0.717) is 36.6 Å². The van der Waals surface area contributed by atoms with E-state index in [4.69, 9.17) is 4.42 Å². The summed E-state index contributed by atoms with van der Waals surface area (Å²) < 4.78 is 40.7. The molecule has 0 aliphatic rings. The molecule has 0 radical (unpaired) electrons. The van der Waals surface area contributed by atoms with E-state index in [9.17, 15) is 13.5 Å². The van der Waals surface area contributed by atoms with Gasteiger partial charge in [-0.25, -0.2) is 18.4 Å². The smallest absolute Gasteiger partial charge is 0.256 e. The highest BCUT2D eigenvalue weighted by Gasteiger charge is 2.29. The fourth-order valence-corrected chi connectivity index (χ4v) is 6.54. The Morgan fingerprint density at radius 3 is 2.45 bits per heavy atom. The van der Waals surface area contributed by atoms with E-state index < -0.39 is 10.0 Å². The Morgan fingerprint density at radius 1 is 1.15 bits per heavy atom. The molecule has 0 saturated heterocycles. The minimum Gasteiger partial charge on any atom is -0.504 e. The number of anilines is 3. The van der Waals surface area contributed by atoms with Gasteiger partial charge < -0.3 is 20.2 Å². The second kappa shape index (κ2) is 9.59. The fourth-order valence-electron chi connectivity index (χ4n) is 3.27. The van der Waals surface area contributed by atoms with Crippen LogP contribution in [-0.4, -0.2) is 49.6 Å². The van der Waals surface area contributed by atoms with Gasteiger partial charge in [0.15, 0.2) is 21.6 Å². The number of sulfonamides is 1. The first-order valence-electron chi connectivity index (χ1n) is 10.3. The van der Waals surface area contributed by atoms with Crippen molar-refractivity contribution in [3.63, 3.8) is 0 Å². The van der Waals surface area contributed by atoms with E-state index in [2.05, 4.69) is 29.3 Å². The summed E-state index contributed by atoms with van der Waals surface area (Å²) in [5.41, 5.74) is 0.920. The molecule has 4 aromatic rings. The van der Waals surface area contributed by atoms with Gasteiger partial charge in [-0.1, -0.05) is 20.8 Å². The van der Waals surface area contributed by atoms with Gasteiger partial charge in [0.2, 0.25) is 11.3 Å². The maximum Gasteiger partial charge on any atom is 0.256 e. The summed E-state index contributed by atoms with van der Waals surface area (Å²) in [6, 6.07) is 3.48. The van der Waals surface area contributed by atoms with Crippen molar-refractivity contribution in [3.8, 4) is 5.75 Å². The van der Waals surface area contributed by atoms with E-state index in [0.717, 1.165) is 28.8 Å². The lowest BCUT2D eigenvalue weighted by molar-refractivity contribution is 0.434. The zero-order chi connectivity index (χ0) is 23.6. The average molecular weight is 510 g/mol. The van der Waals surface area contributed by atoms with Gasteiger partial charge in [-0.05, 0) is 18.6 Å². The van der Waals surface area contributed by atoms with Crippen molar-refractivity contribution in [2.75, 3.05) is 23.7 Å². The van der Waals surface area contributed by atoms with Gasteiger partial charge in [0.1, 0.15) is 5.76 Å². The highest BCUT2D eigenvalue weighted by Crippen LogP contribution is 2.41. The summed E-state index contributed by atoms with van der Waals surface area (Å²) in [4.78, 5) is 9.01. The molecule has 11 nitrogen and oxygen atoms in total. The minimum atomic E-state index is -3.81. The van der Waals surface area contributed by atoms with Crippen molar-refractivity contribution in [3.05, 3.63) is 29.5 Å². The Hall–Kier alpha value is -2.81. The van der Waals surface area contributed by atoms with Crippen molar-refractivity contribution < 1.29 is 17.9 Å². The Morgan fingerprint density at radius 2 is 1.85 bits per heavy atom. The molecule has 33 heavy (non-hydrogen) atoms. The van der Waals surface area contributed by atoms with E-state index >= 15 is 0 Å². The third kappa shape index (κ3) is 4.51. The van der Waals surface area contributed by atoms with Gasteiger partial charge in [-0.15, -0.1) is 11.3 Å². The topological polar surface area (TPSA) is 146 Å². The first kappa shape index (κ1) is 23.4. The largest absolute Gasteiger partial charge is 0.504 e. The molecule has 0 fully saturated rings. The SMILES string of the molecule is CC[C@@H](Nc1nc2nsnc2nc1Nc1csc(S(=O)(=O)N(CC)CC)c1O)c1ccco1. The second-order valence-corrected chi connectivity index (χ2v) is 10.5. The molecule has 0 amide bonds. The van der Waals surface area contributed by atoms with Crippen molar-refractivity contribution in [1.29, 1.82) is 0 Å². The summed E-state index contributed by atoms with van der Waals surface area (Å²) >= 11 is 1.92. The molecular formula is C19H23N7O4S3. The lowest BCUT2D eigenvalue weighted by atomic mass is 10.2. The molecule has 0 saturated carbocycles. The molecule has 0 unspecified atom stereocenters. The zero-order valence-electron chi connectivity index (χ0n) is 18.1. The molecule has 4 rings (SSSR count). The highest BCUT2D eigenvalue weighted by atomic mass is 32.2. The number of aromatic nitrogens is 4. The Bertz CT molecular complexity index is 1330. The lowest BCUT2D eigenvalue weighted by Gasteiger charge is -2.18. The van der Waals surface area contributed by atoms with Crippen LogP contribution >= 0.6 is 23.1 Å². The van der Waals surface area contributed by atoms with Crippen molar-refractivity contribution in [1.82, 2.24) is 23.0 Å². The van der Waals surface area contributed by atoms with Gasteiger partial charge in [0.05, 0.1) is 29.7 Å². The third-order valence-electron chi connectivity index (χ3n) is 4.99. The number of hydrogen-bond acceptors (Lipinski definition) is 12. The van der Waals surface area contributed by atoms with Crippen LogP contribution in [0.15, 0.2) is 32.4 Å². The quantitative estimate of drug-likeness (QED) is 0.284. The summed E-state index contributed by atoms with van der Waals surface area (Å²) in [5, 5.41) is 18.6. The molecule has 0 spiro atoms. The van der Waals surface area contributed by atoms with Gasteiger partial charge in [0.25, 0.3) is 10.0 Å². The molecule has 3 N–H and O–H groups in total. The van der Waals surface area contributed by atoms with Crippen LogP contribution in [0.2, 0.25) is 0 Å². The number of nitrogens with zero attached hydrogens (tertiary/aromatic N) is 5. The minimum absolute atomic E-state index is 0.130. The van der Waals surface area contributed by atoms with Crippen LogP contribution in [0.3, 0.4) is 0 Å². The van der Waals surface area contributed by atoms with Crippen LogP contribution in [0.4, 0.5) is 17.3 Å². The maximum atomic E-state index is 12.9. The first-order valence-corrected chi connectivity index (χ1v) is 13.3. The molecule has 1 atom stereocenters. The number of nitrogens with one attached hydrogen (secondary N) is 2. The van der Waals surface area contributed by atoms with E-state index in [1.807, 2.05) is 13.0 Å². The number of furan rings is 1. The number of aromatic hydroxyl groups is 1. The highest BCUT2D eigenvalue weighted by molar-refractivity contribution is 7.91. The standard InChI is InChI=1S/C19H23N7O4S3/c1-4-11(13-8-7-9-30-13)20-15-16(23-18-17(22-15)24-32-25-18)21-12-10-31-19(14(12)27)33(28,29)26(5-2)6-3/h7-11,27H,4-6H2,1-3H3,(H,20,22,24)(H,21,23,25)/t11-/m1/s1. The van der Waals surface area contributed by atoms with Crippen LogP contribution in [-0.2, 0) is 10.0 Å². The fraction of sp³-hybridized carbons (Fsp3) is 0.368. The predicted molar refractivity (Wildman–Crippen MR) is 128 cm³/mol. The van der Waals surface area contributed by atoms with Crippen LogP contribution in [0.1, 0.15) is 39.0 Å². The second-order valence-electron chi connectivity index (χ2n) is 6.95. The Kier molecular flexibility index (Phi) is 6.78. The third-order valence-corrected chi connectivity index (χ3v) is 9.03. The molecule has 4 heterocycles. The van der Waals surface area contributed by atoms with Crippen molar-refractivity contribution >= 4 is 61.7 Å². The number of thiophene rings is 1. The van der Waals surface area contributed by atoms with E-state index in [1.54, 1.807) is 26.2 Å². The maximum absolute atomic E-state index is 12.9. The lowest BCUT2D eigenvalue weighted by Crippen LogP contribution is -2.30. The molecule has 14 heteroatoms. The number of hydrogen-bond donors (Lipinski definition) is 3. The van der Waals surface area contributed by atoms with Crippen LogP contribution in [0, 0.1) is 0 Å². The summed E-state index contributed by atoms with van der Waals surface area (Å²) in [6.45, 7) is 6.10. The normalized spacial score (nSPS) is 13.0. The number of fused-ring (bicyclic) bond motifs is 1. The van der Waals surface area contributed by atoms with E-state index in [-0.39, 0.29) is 27.5 Å². The molecule has 176 valence electrons. The predicted octanol–water partition coefficient (Wildman–Crippen LogP) is 4.18. The van der Waals surface area contributed by atoms with Crippen LogP contribution in [0.5, 0.6) is 5.75 Å². The average Bonchev–Trinajstić information content (AvgIpc) is 3.55. The van der Waals surface area contributed by atoms with Gasteiger partial charge in [0, 0.05) is 18.5 Å². The number of rotatable bonds is 10. The van der Waals surface area contributed by atoms with Crippen LogP contribution in [0.25, 0.3) is 11.3 Å². The van der Waals surface area contributed by atoms with E-state index in [1.165, 1.54) is 9.69 Å². The molecule has 0 aliphatic heterocycles.